The van der Waals surface area contributed by atoms with Crippen LogP contribution in [0.3, 0.4) is 0 Å². The smallest absolute Gasteiger partial charge is 0.0569 e. The van der Waals surface area contributed by atoms with Crippen molar-refractivity contribution < 1.29 is 4.74 Å². The summed E-state index contributed by atoms with van der Waals surface area (Å²) < 4.78 is 5.18. The number of nitrogens with zero attached hydrogens (tertiary/aromatic N) is 4. The number of ether oxygens (including phenoxy) is 1. The Balaban J connectivity index is 0.000000108. The highest BCUT2D eigenvalue weighted by Gasteiger charge is 2.56. The van der Waals surface area contributed by atoms with Crippen LogP contribution < -0.4 is 0 Å². The summed E-state index contributed by atoms with van der Waals surface area (Å²) in [5, 5.41) is 0. The zero-order chi connectivity index (χ0) is 56.0. The number of fused-ring (bicyclic) bond motifs is 2. The van der Waals surface area contributed by atoms with Crippen molar-refractivity contribution in [2.75, 3.05) is 65.6 Å². The molecule has 0 radical (unpaired) electrons. The van der Waals surface area contributed by atoms with Gasteiger partial charge in [0.2, 0.25) is 0 Å². The Morgan fingerprint density at radius 2 is 0.756 bits per heavy atom. The van der Waals surface area contributed by atoms with Gasteiger partial charge >= 0.3 is 0 Å². The Bertz CT molecular complexity index is 1660. The van der Waals surface area contributed by atoms with Gasteiger partial charge in [0.05, 0.1) is 13.2 Å². The van der Waals surface area contributed by atoms with Gasteiger partial charge in [0.1, 0.15) is 0 Å². The van der Waals surface area contributed by atoms with Crippen LogP contribution in [0.1, 0.15) is 271 Å². The molecule has 4 atom stereocenters. The first kappa shape index (κ1) is 62.3. The first-order chi connectivity index (χ1) is 36.9. The molecular weight excluding hydrogens is 949 g/mol. The molecule has 452 valence electrons. The highest BCUT2D eigenvalue weighted by Crippen LogP contribution is 2.66. The molecule has 16 aliphatic rings. The van der Waals surface area contributed by atoms with Crippen LogP contribution in [-0.4, -0.2) is 109 Å². The molecule has 4 spiro atoms. The molecular formula is C73H134N4O. The van der Waals surface area contributed by atoms with Gasteiger partial charge < -0.3 is 14.5 Å². The normalized spacial score (nSPS) is 33.6. The largest absolute Gasteiger partial charge is 0.380 e. The van der Waals surface area contributed by atoms with E-state index < -0.39 is 0 Å². The fourth-order valence-electron chi connectivity index (χ4n) is 17.7. The fourth-order valence-corrected chi connectivity index (χ4v) is 17.7. The molecule has 0 aromatic rings. The van der Waals surface area contributed by atoms with E-state index in [0.29, 0.717) is 5.41 Å². The molecule has 78 heavy (non-hydrogen) atoms. The van der Waals surface area contributed by atoms with Crippen molar-refractivity contribution in [3.8, 4) is 0 Å². The molecule has 16 rings (SSSR count). The van der Waals surface area contributed by atoms with Crippen LogP contribution in [0.25, 0.3) is 0 Å². The lowest BCUT2D eigenvalue weighted by Crippen LogP contribution is -2.67. The quantitative estimate of drug-likeness (QED) is 0.217. The van der Waals surface area contributed by atoms with Crippen molar-refractivity contribution in [2.24, 2.45) is 104 Å². The molecule has 5 saturated heterocycles. The number of piperidine rings is 2. The summed E-state index contributed by atoms with van der Waals surface area (Å²) >= 11 is 0. The second-order valence-electron chi connectivity index (χ2n) is 34.5. The van der Waals surface area contributed by atoms with Crippen LogP contribution in [0.15, 0.2) is 0 Å². The van der Waals surface area contributed by atoms with Crippen LogP contribution >= 0.6 is 0 Å². The number of likely N-dealkylation sites (tertiary alicyclic amines) is 4. The Morgan fingerprint density at radius 3 is 1.01 bits per heavy atom. The van der Waals surface area contributed by atoms with Gasteiger partial charge in [-0.1, -0.05) is 74.7 Å². The maximum absolute atomic E-state index is 5.18. The predicted octanol–water partition coefficient (Wildman–Crippen LogP) is 18.2. The Labute approximate surface area is 486 Å². The van der Waals surface area contributed by atoms with Gasteiger partial charge in [0.15, 0.2) is 0 Å². The molecule has 0 amide bonds. The van der Waals surface area contributed by atoms with Crippen LogP contribution in [-0.2, 0) is 4.74 Å². The van der Waals surface area contributed by atoms with Crippen molar-refractivity contribution in [2.45, 2.75) is 295 Å². The summed E-state index contributed by atoms with van der Waals surface area (Å²) in [7, 11) is 0. The highest BCUT2D eigenvalue weighted by molar-refractivity contribution is 5.07. The van der Waals surface area contributed by atoms with Crippen molar-refractivity contribution in [1.29, 1.82) is 0 Å². The summed E-state index contributed by atoms with van der Waals surface area (Å²) in [5.74, 6) is 12.8. The SMILES string of the molecule is CC(C)C1(C2CC2)CC1.CC(C)C1(C2CCC2)CC1.CC(C)C1CC2(CCC2)C1.CC(C)C1CC2CC2C1.CC(C)N1CC2(CCC2)C1.CC(C)N1CC2(COC2)C1.CC(C)N1CC2CC2C1.CC(C)N1CCC2(CC1)CC2. The van der Waals surface area contributed by atoms with E-state index in [9.17, 15) is 0 Å². The molecule has 5 heterocycles. The number of hydrogen-bond donors (Lipinski definition) is 0. The van der Waals surface area contributed by atoms with Crippen LogP contribution in [0, 0.1) is 104 Å². The third-order valence-electron chi connectivity index (χ3n) is 26.4. The van der Waals surface area contributed by atoms with E-state index in [1.54, 1.807) is 44.9 Å². The first-order valence-electron chi connectivity index (χ1n) is 35.5. The second kappa shape index (κ2) is 25.4. The van der Waals surface area contributed by atoms with E-state index in [0.717, 1.165) is 124 Å². The molecule has 0 aromatic carbocycles. The van der Waals surface area contributed by atoms with Gasteiger partial charge in [-0.2, -0.15) is 0 Å². The Kier molecular flexibility index (Phi) is 20.3. The topological polar surface area (TPSA) is 22.2 Å². The summed E-state index contributed by atoms with van der Waals surface area (Å²) in [5.41, 5.74) is 4.88. The lowest BCUT2D eigenvalue weighted by atomic mass is 9.50. The molecule has 16 fully saturated rings. The van der Waals surface area contributed by atoms with Gasteiger partial charge in [-0.05, 0) is 308 Å². The van der Waals surface area contributed by atoms with Crippen molar-refractivity contribution in [3.63, 3.8) is 0 Å². The van der Waals surface area contributed by atoms with Crippen LogP contribution in [0.5, 0.6) is 0 Å². The lowest BCUT2D eigenvalue weighted by Gasteiger charge is -2.57. The molecule has 0 aromatic heterocycles. The number of hydrogen-bond acceptors (Lipinski definition) is 5. The van der Waals surface area contributed by atoms with Gasteiger partial charge in [-0.25, -0.2) is 0 Å². The predicted molar refractivity (Wildman–Crippen MR) is 335 cm³/mol. The molecule has 4 unspecified atom stereocenters. The summed E-state index contributed by atoms with van der Waals surface area (Å²) in [6.07, 6.45) is 38.3. The second-order valence-corrected chi connectivity index (χ2v) is 34.5. The van der Waals surface area contributed by atoms with Crippen molar-refractivity contribution >= 4 is 0 Å². The third kappa shape index (κ3) is 15.4. The summed E-state index contributed by atoms with van der Waals surface area (Å²) in [6, 6.07) is 3.07. The minimum absolute atomic E-state index is 0.601. The van der Waals surface area contributed by atoms with Gasteiger partial charge in [0, 0.05) is 68.9 Å². The molecule has 5 aliphatic heterocycles. The molecule has 0 bridgehead atoms. The van der Waals surface area contributed by atoms with Crippen molar-refractivity contribution in [3.05, 3.63) is 0 Å². The van der Waals surface area contributed by atoms with E-state index in [-0.39, 0.29) is 0 Å². The van der Waals surface area contributed by atoms with E-state index in [1.165, 1.54) is 180 Å². The Morgan fingerprint density at radius 1 is 0.346 bits per heavy atom. The zero-order valence-corrected chi connectivity index (χ0v) is 55.2. The van der Waals surface area contributed by atoms with E-state index >= 15 is 0 Å². The standard InChI is InChI=1S/C10H19N.2C10H18.C9H17N.2C9H16.C8H15NO.C8H15N/c1-9(2)11-7-5-10(3-4-10)6-8-11;1-8(2)9-6-10(7-9)4-3-5-10;1-8(2)10(6-7-10)9-4-3-5-9;1-8(2)10-6-9(7-10)4-3-5-9;1-6(2)7-3-8-5-9(8)4-7;1-7(2)9(5-6-9)8-3-4-8;1-7(2)9-3-8(4-9)5-10-6-8;1-6(2)9-4-7-3-8(7)5-9/h9H,3-8H2,1-2H3;2*8-9H,3-7H2,1-2H3;8H,3-7H2,1-2H3;6-9H,3-5H2,1-2H3;7-8H,3-6H2,1-2H3;7H,3-6H2,1-2H3;6-8H,3-5H2,1-2H3. The lowest BCUT2D eigenvalue weighted by molar-refractivity contribution is -0.195. The molecule has 5 heteroatoms. The third-order valence-corrected chi connectivity index (χ3v) is 26.4. The number of rotatable bonds is 10. The van der Waals surface area contributed by atoms with Gasteiger partial charge in [-0.3, -0.25) is 9.80 Å². The van der Waals surface area contributed by atoms with E-state index in [4.69, 9.17) is 4.74 Å². The Hall–Kier alpha value is -0.200. The summed E-state index contributed by atoms with van der Waals surface area (Å²) in [6.45, 7) is 50.3. The average molecular weight is 1080 g/mol. The fraction of sp³-hybridized carbons (Fsp3) is 1.00. The van der Waals surface area contributed by atoms with Crippen LogP contribution in [0.2, 0.25) is 0 Å². The van der Waals surface area contributed by atoms with Gasteiger partial charge in [0.25, 0.3) is 0 Å². The van der Waals surface area contributed by atoms with Gasteiger partial charge in [-0.15, -0.1) is 0 Å². The molecule has 11 saturated carbocycles. The monoisotopic (exact) mass is 1080 g/mol. The maximum atomic E-state index is 5.18. The minimum atomic E-state index is 0.601. The molecule has 11 aliphatic carbocycles. The average Bonchev–Trinajstić information content (AvgIpc) is 4.05. The zero-order valence-electron chi connectivity index (χ0n) is 55.2. The highest BCUT2D eigenvalue weighted by atomic mass is 16.5. The van der Waals surface area contributed by atoms with Crippen LogP contribution in [0.4, 0.5) is 0 Å². The van der Waals surface area contributed by atoms with E-state index in [1.807, 2.05) is 0 Å². The molecule has 5 nitrogen and oxygen atoms in total. The summed E-state index contributed by atoms with van der Waals surface area (Å²) in [4.78, 5) is 10.3. The van der Waals surface area contributed by atoms with Crippen molar-refractivity contribution in [1.82, 2.24) is 19.6 Å². The molecule has 0 N–H and O–H groups in total. The minimum Gasteiger partial charge on any atom is -0.380 e. The first-order valence-corrected chi connectivity index (χ1v) is 35.5. The maximum Gasteiger partial charge on any atom is 0.0569 e. The van der Waals surface area contributed by atoms with E-state index in [2.05, 4.69) is 130 Å².